The van der Waals surface area contributed by atoms with E-state index >= 15 is 0 Å². The lowest BCUT2D eigenvalue weighted by Crippen LogP contribution is -2.25. The van der Waals surface area contributed by atoms with Gasteiger partial charge in [0.2, 0.25) is 11.8 Å². The fourth-order valence-corrected chi connectivity index (χ4v) is 2.76. The van der Waals surface area contributed by atoms with E-state index in [2.05, 4.69) is 17.6 Å². The van der Waals surface area contributed by atoms with Crippen molar-refractivity contribution >= 4 is 35.0 Å². The second-order valence-corrected chi connectivity index (χ2v) is 6.88. The van der Waals surface area contributed by atoms with E-state index in [0.29, 0.717) is 5.69 Å². The number of rotatable bonds is 7. The van der Waals surface area contributed by atoms with Gasteiger partial charge in [-0.2, -0.15) is 0 Å². The maximum absolute atomic E-state index is 12.8. The summed E-state index contributed by atoms with van der Waals surface area (Å²) in [5.41, 5.74) is 2.48. The molecule has 1 atom stereocenters. The lowest BCUT2D eigenvalue weighted by molar-refractivity contribution is -0.115. The fraction of sp³-hybridized carbons (Fsp3) is 0.263. The number of hydrogen-bond donors (Lipinski definition) is 2. The Morgan fingerprint density at radius 1 is 1.00 bits per heavy atom. The third-order valence-electron chi connectivity index (χ3n) is 3.59. The molecule has 0 aliphatic carbocycles. The number of hydrogen-bond acceptors (Lipinski definition) is 3. The first-order valence-electron chi connectivity index (χ1n) is 8.04. The molecule has 2 aromatic carbocycles. The predicted octanol–water partition coefficient (Wildman–Crippen LogP) is 4.09. The molecule has 0 saturated heterocycles. The largest absolute Gasteiger partial charge is 0.325 e. The molecule has 6 heteroatoms. The predicted molar refractivity (Wildman–Crippen MR) is 101 cm³/mol. The molecule has 4 nitrogen and oxygen atoms in total. The number of carbonyl (C=O) groups is 2. The molecule has 132 valence electrons. The highest BCUT2D eigenvalue weighted by molar-refractivity contribution is 8.01. The van der Waals surface area contributed by atoms with Crippen molar-refractivity contribution < 1.29 is 14.0 Å². The molecule has 2 N–H and O–H groups in total. The minimum Gasteiger partial charge on any atom is -0.325 e. The van der Waals surface area contributed by atoms with Crippen LogP contribution in [0.4, 0.5) is 15.8 Å². The van der Waals surface area contributed by atoms with Crippen LogP contribution in [-0.2, 0) is 16.0 Å². The van der Waals surface area contributed by atoms with Crippen molar-refractivity contribution in [3.8, 4) is 0 Å². The summed E-state index contributed by atoms with van der Waals surface area (Å²) in [6.07, 6.45) is 0.948. The van der Waals surface area contributed by atoms with Crippen LogP contribution in [0.2, 0.25) is 0 Å². The van der Waals surface area contributed by atoms with Gasteiger partial charge in [0.1, 0.15) is 5.82 Å². The van der Waals surface area contributed by atoms with Gasteiger partial charge in [-0.15, -0.1) is 11.8 Å². The van der Waals surface area contributed by atoms with E-state index < -0.39 is 0 Å². The number of carbonyl (C=O) groups excluding carboxylic acids is 2. The summed E-state index contributed by atoms with van der Waals surface area (Å²) in [5, 5.41) is 5.14. The monoisotopic (exact) mass is 360 g/mol. The van der Waals surface area contributed by atoms with Crippen molar-refractivity contribution in [1.29, 1.82) is 0 Å². The van der Waals surface area contributed by atoms with Crippen molar-refractivity contribution in [2.75, 3.05) is 16.4 Å². The molecule has 0 spiro atoms. The van der Waals surface area contributed by atoms with Crippen LogP contribution in [0.5, 0.6) is 0 Å². The first-order valence-corrected chi connectivity index (χ1v) is 9.09. The van der Waals surface area contributed by atoms with Gasteiger partial charge in [-0.3, -0.25) is 9.59 Å². The molecule has 2 aromatic rings. The number of amides is 2. The van der Waals surface area contributed by atoms with E-state index in [0.717, 1.165) is 12.1 Å². The molecular formula is C19H21FN2O2S. The fourth-order valence-electron chi connectivity index (χ4n) is 2.07. The SMILES string of the molecule is CCc1ccc(NC(=O)[C@H](C)SCC(=O)Nc2ccc(F)cc2)cc1. The molecule has 0 unspecified atom stereocenters. The third kappa shape index (κ3) is 6.23. The van der Waals surface area contributed by atoms with E-state index in [-0.39, 0.29) is 28.6 Å². The molecule has 25 heavy (non-hydrogen) atoms. The third-order valence-corrected chi connectivity index (χ3v) is 4.73. The number of benzene rings is 2. The Hall–Kier alpha value is -2.34. The highest BCUT2D eigenvalue weighted by Gasteiger charge is 2.15. The quantitative estimate of drug-likeness (QED) is 0.782. The van der Waals surface area contributed by atoms with E-state index in [1.807, 2.05) is 24.3 Å². The van der Waals surface area contributed by atoms with E-state index in [9.17, 15) is 14.0 Å². The topological polar surface area (TPSA) is 58.2 Å². The minimum atomic E-state index is -0.371. The smallest absolute Gasteiger partial charge is 0.237 e. The Kier molecular flexibility index (Phi) is 7.01. The zero-order valence-electron chi connectivity index (χ0n) is 14.2. The van der Waals surface area contributed by atoms with Gasteiger partial charge in [0.05, 0.1) is 11.0 Å². The summed E-state index contributed by atoms with van der Waals surface area (Å²) in [6.45, 7) is 3.83. The lowest BCUT2D eigenvalue weighted by atomic mass is 10.1. The van der Waals surface area contributed by atoms with Crippen LogP contribution in [0.15, 0.2) is 48.5 Å². The summed E-state index contributed by atoms with van der Waals surface area (Å²) < 4.78 is 12.8. The Morgan fingerprint density at radius 3 is 2.16 bits per heavy atom. The highest BCUT2D eigenvalue weighted by atomic mass is 32.2. The normalized spacial score (nSPS) is 11.6. The van der Waals surface area contributed by atoms with E-state index in [1.165, 1.54) is 41.6 Å². The second-order valence-electron chi connectivity index (χ2n) is 5.55. The first kappa shape index (κ1) is 19.0. The van der Waals surface area contributed by atoms with Gasteiger partial charge in [-0.25, -0.2) is 4.39 Å². The van der Waals surface area contributed by atoms with Crippen LogP contribution in [0.3, 0.4) is 0 Å². The molecule has 0 aromatic heterocycles. The number of anilines is 2. The number of nitrogens with one attached hydrogen (secondary N) is 2. The average Bonchev–Trinajstić information content (AvgIpc) is 2.62. The Bertz CT molecular complexity index is 717. The van der Waals surface area contributed by atoms with Crippen molar-refractivity contribution in [2.45, 2.75) is 25.5 Å². The molecule has 0 aliphatic heterocycles. The summed E-state index contributed by atoms with van der Waals surface area (Å²) in [4.78, 5) is 24.1. The van der Waals surface area contributed by atoms with E-state index in [4.69, 9.17) is 0 Å². The average molecular weight is 360 g/mol. The number of aryl methyl sites for hydroxylation is 1. The van der Waals surface area contributed by atoms with E-state index in [1.54, 1.807) is 6.92 Å². The lowest BCUT2D eigenvalue weighted by Gasteiger charge is -2.12. The Balaban J connectivity index is 1.77. The van der Waals surface area contributed by atoms with Crippen LogP contribution in [-0.4, -0.2) is 22.8 Å². The second kappa shape index (κ2) is 9.22. The Morgan fingerprint density at radius 2 is 1.56 bits per heavy atom. The number of thioether (sulfide) groups is 1. The standard InChI is InChI=1S/C19H21FN2O2S/c1-3-14-4-8-17(9-5-14)22-19(24)13(2)25-12-18(23)21-16-10-6-15(20)7-11-16/h4-11,13H,3,12H2,1-2H3,(H,21,23)(H,22,24)/t13-/m0/s1. The molecule has 2 rings (SSSR count). The van der Waals surface area contributed by atoms with Crippen molar-refractivity contribution in [3.63, 3.8) is 0 Å². The van der Waals surface area contributed by atoms with Gasteiger partial charge in [0.25, 0.3) is 0 Å². The molecule has 0 radical (unpaired) electrons. The van der Waals surface area contributed by atoms with Crippen molar-refractivity contribution in [1.82, 2.24) is 0 Å². The van der Waals surface area contributed by atoms with Gasteiger partial charge < -0.3 is 10.6 Å². The van der Waals surface area contributed by atoms with Gasteiger partial charge in [0.15, 0.2) is 0 Å². The zero-order valence-corrected chi connectivity index (χ0v) is 15.0. The Labute approximate surface area is 151 Å². The van der Waals surface area contributed by atoms with Crippen LogP contribution >= 0.6 is 11.8 Å². The number of halogens is 1. The van der Waals surface area contributed by atoms with Gasteiger partial charge >= 0.3 is 0 Å². The maximum Gasteiger partial charge on any atom is 0.237 e. The molecule has 0 saturated carbocycles. The van der Waals surface area contributed by atoms with Crippen LogP contribution in [0.1, 0.15) is 19.4 Å². The first-order chi connectivity index (χ1) is 12.0. The molecule has 2 amide bonds. The minimum absolute atomic E-state index is 0.140. The van der Waals surface area contributed by atoms with Gasteiger partial charge in [0, 0.05) is 11.4 Å². The molecule has 0 heterocycles. The van der Waals surface area contributed by atoms with Gasteiger partial charge in [-0.1, -0.05) is 19.1 Å². The molecule has 0 bridgehead atoms. The van der Waals surface area contributed by atoms with Crippen LogP contribution in [0, 0.1) is 5.82 Å². The zero-order chi connectivity index (χ0) is 18.2. The van der Waals surface area contributed by atoms with Crippen LogP contribution in [0.25, 0.3) is 0 Å². The van der Waals surface area contributed by atoms with Crippen LogP contribution < -0.4 is 10.6 Å². The summed E-state index contributed by atoms with van der Waals surface area (Å²) >= 11 is 1.24. The summed E-state index contributed by atoms with van der Waals surface area (Å²) in [6, 6.07) is 13.2. The highest BCUT2D eigenvalue weighted by Crippen LogP contribution is 2.16. The van der Waals surface area contributed by atoms with Gasteiger partial charge in [-0.05, 0) is 55.3 Å². The molecule has 0 aliphatic rings. The van der Waals surface area contributed by atoms with Crippen molar-refractivity contribution in [2.24, 2.45) is 0 Å². The molecular weight excluding hydrogens is 339 g/mol. The summed E-state index contributed by atoms with van der Waals surface area (Å²) in [5.74, 6) is -0.599. The maximum atomic E-state index is 12.8. The van der Waals surface area contributed by atoms with Crippen molar-refractivity contribution in [3.05, 3.63) is 59.9 Å². The summed E-state index contributed by atoms with van der Waals surface area (Å²) in [7, 11) is 0. The molecule has 0 fully saturated rings.